The van der Waals surface area contributed by atoms with Crippen LogP contribution < -0.4 is 0 Å². The summed E-state index contributed by atoms with van der Waals surface area (Å²) in [5.74, 6) is 0.115. The second-order valence-electron chi connectivity index (χ2n) is 4.04. The van der Waals surface area contributed by atoms with Gasteiger partial charge in [0.25, 0.3) is 0 Å². The molecule has 4 heteroatoms. The van der Waals surface area contributed by atoms with Crippen LogP contribution in [0.5, 0.6) is 5.75 Å². The first-order valence-corrected chi connectivity index (χ1v) is 6.74. The molecule has 3 aromatic rings. The zero-order valence-electron chi connectivity index (χ0n) is 9.43. The van der Waals surface area contributed by atoms with Crippen LogP contribution in [0.25, 0.3) is 10.2 Å². The molecule has 0 saturated heterocycles. The first-order chi connectivity index (χ1) is 8.72. The van der Waals surface area contributed by atoms with E-state index in [1.54, 1.807) is 23.5 Å². The van der Waals surface area contributed by atoms with Gasteiger partial charge in [-0.25, -0.2) is 4.98 Å². The third-order valence-electron chi connectivity index (χ3n) is 2.71. The van der Waals surface area contributed by atoms with E-state index in [0.717, 1.165) is 22.5 Å². The van der Waals surface area contributed by atoms with E-state index in [9.17, 15) is 5.11 Å². The highest BCUT2D eigenvalue weighted by molar-refractivity contribution is 7.18. The van der Waals surface area contributed by atoms with Crippen LogP contribution in [-0.4, -0.2) is 10.1 Å². The number of halogens is 1. The number of para-hydroxylation sites is 1. The summed E-state index contributed by atoms with van der Waals surface area (Å²) in [5.41, 5.74) is 2.08. The molecule has 18 heavy (non-hydrogen) atoms. The Kier molecular flexibility index (Phi) is 2.94. The minimum atomic E-state index is 0.115. The van der Waals surface area contributed by atoms with E-state index < -0.39 is 0 Å². The number of rotatable bonds is 2. The molecule has 0 amide bonds. The van der Waals surface area contributed by atoms with Gasteiger partial charge < -0.3 is 5.11 Å². The number of thiazole rings is 1. The molecule has 0 aliphatic heterocycles. The van der Waals surface area contributed by atoms with Crippen molar-refractivity contribution >= 4 is 33.2 Å². The highest BCUT2D eigenvalue weighted by Crippen LogP contribution is 2.27. The van der Waals surface area contributed by atoms with Gasteiger partial charge in [-0.05, 0) is 29.8 Å². The highest BCUT2D eigenvalue weighted by atomic mass is 35.5. The number of aromatic hydroxyl groups is 1. The molecule has 1 N–H and O–H groups in total. The molecule has 0 bridgehead atoms. The van der Waals surface area contributed by atoms with E-state index in [0.29, 0.717) is 5.02 Å². The van der Waals surface area contributed by atoms with Gasteiger partial charge in [-0.15, -0.1) is 11.3 Å². The summed E-state index contributed by atoms with van der Waals surface area (Å²) in [7, 11) is 0. The lowest BCUT2D eigenvalue weighted by molar-refractivity contribution is 0.475. The molecule has 1 aromatic heterocycles. The van der Waals surface area contributed by atoms with Gasteiger partial charge in [0.05, 0.1) is 20.2 Å². The molecule has 0 unspecified atom stereocenters. The van der Waals surface area contributed by atoms with Gasteiger partial charge in [-0.1, -0.05) is 29.8 Å². The summed E-state index contributed by atoms with van der Waals surface area (Å²) in [4.78, 5) is 4.57. The topological polar surface area (TPSA) is 33.1 Å². The summed E-state index contributed by atoms with van der Waals surface area (Å²) >= 11 is 7.58. The van der Waals surface area contributed by atoms with Gasteiger partial charge in [0.1, 0.15) is 5.75 Å². The van der Waals surface area contributed by atoms with Crippen LogP contribution in [0, 0.1) is 0 Å². The maximum absolute atomic E-state index is 9.38. The quantitative estimate of drug-likeness (QED) is 0.759. The number of benzene rings is 2. The maximum Gasteiger partial charge on any atom is 0.134 e. The van der Waals surface area contributed by atoms with Crippen LogP contribution >= 0.6 is 22.9 Å². The van der Waals surface area contributed by atoms with E-state index in [-0.39, 0.29) is 5.75 Å². The van der Waals surface area contributed by atoms with Gasteiger partial charge >= 0.3 is 0 Å². The SMILES string of the molecule is Oc1ccc(Cc2nc3ccccc3s2)cc1Cl. The predicted molar refractivity (Wildman–Crippen MR) is 75.5 cm³/mol. The average Bonchev–Trinajstić information content (AvgIpc) is 2.76. The Bertz CT molecular complexity index is 675. The summed E-state index contributed by atoms with van der Waals surface area (Å²) in [6.45, 7) is 0. The number of hydrogen-bond donors (Lipinski definition) is 1. The van der Waals surface area contributed by atoms with Crippen molar-refractivity contribution in [3.05, 3.63) is 58.1 Å². The van der Waals surface area contributed by atoms with Gasteiger partial charge in [-0.3, -0.25) is 0 Å². The average molecular weight is 276 g/mol. The standard InChI is InChI=1S/C14H10ClNOS/c15-10-7-9(5-6-12(10)17)8-14-16-11-3-1-2-4-13(11)18-14/h1-7,17H,8H2. The molecule has 1 heterocycles. The molecule has 0 radical (unpaired) electrons. The molecule has 2 aromatic carbocycles. The van der Waals surface area contributed by atoms with Crippen molar-refractivity contribution in [2.45, 2.75) is 6.42 Å². The van der Waals surface area contributed by atoms with Gasteiger partial charge in [0.2, 0.25) is 0 Å². The van der Waals surface area contributed by atoms with Crippen LogP contribution in [0.15, 0.2) is 42.5 Å². The minimum absolute atomic E-state index is 0.115. The van der Waals surface area contributed by atoms with E-state index in [2.05, 4.69) is 11.1 Å². The van der Waals surface area contributed by atoms with Crippen molar-refractivity contribution in [2.24, 2.45) is 0 Å². The molecule has 0 aliphatic rings. The van der Waals surface area contributed by atoms with Crippen LogP contribution in [0.1, 0.15) is 10.6 Å². The predicted octanol–water partition coefficient (Wildman–Crippen LogP) is 4.25. The summed E-state index contributed by atoms with van der Waals surface area (Å²) in [6.07, 6.45) is 0.735. The molecule has 2 nitrogen and oxygen atoms in total. The van der Waals surface area contributed by atoms with Crippen molar-refractivity contribution in [2.75, 3.05) is 0 Å². The molecular weight excluding hydrogens is 266 g/mol. The lowest BCUT2D eigenvalue weighted by Crippen LogP contribution is -1.86. The van der Waals surface area contributed by atoms with Gasteiger partial charge in [0, 0.05) is 6.42 Å². The highest BCUT2D eigenvalue weighted by Gasteiger charge is 2.06. The molecule has 3 rings (SSSR count). The summed E-state index contributed by atoms with van der Waals surface area (Å²) in [5, 5.41) is 10.8. The normalized spacial score (nSPS) is 10.9. The number of nitrogens with zero attached hydrogens (tertiary/aromatic N) is 1. The van der Waals surface area contributed by atoms with E-state index in [1.807, 2.05) is 24.3 Å². The fourth-order valence-corrected chi connectivity index (χ4v) is 3.04. The second kappa shape index (κ2) is 4.59. The fourth-order valence-electron chi connectivity index (χ4n) is 1.83. The third-order valence-corrected chi connectivity index (χ3v) is 4.04. The van der Waals surface area contributed by atoms with Crippen LogP contribution in [0.2, 0.25) is 5.02 Å². The smallest absolute Gasteiger partial charge is 0.134 e. The number of hydrogen-bond acceptors (Lipinski definition) is 3. The Morgan fingerprint density at radius 2 is 2.00 bits per heavy atom. The monoisotopic (exact) mass is 275 g/mol. The van der Waals surface area contributed by atoms with Crippen molar-refractivity contribution in [3.63, 3.8) is 0 Å². The lowest BCUT2D eigenvalue weighted by atomic mass is 10.1. The Labute approximate surface area is 113 Å². The molecule has 90 valence electrons. The van der Waals surface area contributed by atoms with Crippen molar-refractivity contribution in [3.8, 4) is 5.75 Å². The van der Waals surface area contributed by atoms with Crippen LogP contribution in [0.4, 0.5) is 0 Å². The van der Waals surface area contributed by atoms with E-state index in [1.165, 1.54) is 4.70 Å². The lowest BCUT2D eigenvalue weighted by Gasteiger charge is -2.00. The fraction of sp³-hybridized carbons (Fsp3) is 0.0714. The first kappa shape index (κ1) is 11.5. The number of aromatic nitrogens is 1. The van der Waals surface area contributed by atoms with E-state index in [4.69, 9.17) is 11.6 Å². The Hall–Kier alpha value is -1.58. The first-order valence-electron chi connectivity index (χ1n) is 5.54. The Morgan fingerprint density at radius 3 is 2.78 bits per heavy atom. The van der Waals surface area contributed by atoms with Gasteiger partial charge in [-0.2, -0.15) is 0 Å². The van der Waals surface area contributed by atoms with Crippen LogP contribution in [0.3, 0.4) is 0 Å². The molecule has 0 fully saturated rings. The number of fused-ring (bicyclic) bond motifs is 1. The summed E-state index contributed by atoms with van der Waals surface area (Å²) < 4.78 is 1.19. The molecule has 0 atom stereocenters. The van der Waals surface area contributed by atoms with Crippen LogP contribution in [-0.2, 0) is 6.42 Å². The Balaban J connectivity index is 1.93. The summed E-state index contributed by atoms with van der Waals surface area (Å²) in [6, 6.07) is 13.4. The maximum atomic E-state index is 9.38. The zero-order valence-corrected chi connectivity index (χ0v) is 11.0. The third kappa shape index (κ3) is 2.19. The van der Waals surface area contributed by atoms with Crippen molar-refractivity contribution < 1.29 is 5.11 Å². The number of phenolic OH excluding ortho intramolecular Hbond substituents is 1. The second-order valence-corrected chi connectivity index (χ2v) is 5.56. The van der Waals surface area contributed by atoms with Crippen molar-refractivity contribution in [1.29, 1.82) is 0 Å². The molecule has 0 saturated carbocycles. The molecule has 0 aliphatic carbocycles. The molecular formula is C14H10ClNOS. The minimum Gasteiger partial charge on any atom is -0.506 e. The largest absolute Gasteiger partial charge is 0.506 e. The van der Waals surface area contributed by atoms with E-state index >= 15 is 0 Å². The zero-order chi connectivity index (χ0) is 12.5. The Morgan fingerprint density at radius 1 is 1.17 bits per heavy atom. The van der Waals surface area contributed by atoms with Crippen molar-refractivity contribution in [1.82, 2.24) is 4.98 Å². The number of phenols is 1. The molecule has 0 spiro atoms. The van der Waals surface area contributed by atoms with Gasteiger partial charge in [0.15, 0.2) is 0 Å².